The highest BCUT2D eigenvalue weighted by Crippen LogP contribution is 2.27. The average molecular weight is 275 g/mol. The Bertz CT molecular complexity index is 482. The van der Waals surface area contributed by atoms with Gasteiger partial charge in [-0.3, -0.25) is 14.6 Å². The molecule has 1 aliphatic rings. The number of carbonyl (C=O) groups excluding carboxylic acids is 2. The second kappa shape index (κ2) is 7.03. The second-order valence-electron chi connectivity index (χ2n) is 5.38. The van der Waals surface area contributed by atoms with Crippen molar-refractivity contribution in [2.45, 2.75) is 44.9 Å². The zero-order chi connectivity index (χ0) is 14.4. The van der Waals surface area contributed by atoms with Gasteiger partial charge in [-0.05, 0) is 24.5 Å². The maximum absolute atomic E-state index is 11.9. The molecule has 20 heavy (non-hydrogen) atoms. The van der Waals surface area contributed by atoms with E-state index in [9.17, 15) is 9.59 Å². The molecule has 5 nitrogen and oxygen atoms in total. The summed E-state index contributed by atoms with van der Waals surface area (Å²) in [7, 11) is 0. The van der Waals surface area contributed by atoms with Gasteiger partial charge in [-0.2, -0.15) is 0 Å². The summed E-state index contributed by atoms with van der Waals surface area (Å²) in [5.74, 6) is 0.0774. The van der Waals surface area contributed by atoms with Crippen molar-refractivity contribution in [3.05, 3.63) is 24.0 Å². The third kappa shape index (κ3) is 4.33. The Morgan fingerprint density at radius 2 is 2.05 bits per heavy atom. The predicted octanol–water partition coefficient (Wildman–Crippen LogP) is 2.48. The third-order valence-electron chi connectivity index (χ3n) is 3.80. The highest BCUT2D eigenvalue weighted by Gasteiger charge is 2.15. The van der Waals surface area contributed by atoms with Gasteiger partial charge in [0.1, 0.15) is 5.69 Å². The number of rotatable bonds is 5. The molecule has 0 unspecified atom stereocenters. The van der Waals surface area contributed by atoms with Gasteiger partial charge in [0.25, 0.3) is 5.91 Å². The number of hydrogen-bond donors (Lipinski definition) is 2. The maximum atomic E-state index is 11.9. The van der Waals surface area contributed by atoms with Gasteiger partial charge in [0.2, 0.25) is 5.91 Å². The maximum Gasteiger partial charge on any atom is 0.267 e. The number of amides is 2. The van der Waals surface area contributed by atoms with Crippen LogP contribution in [0.25, 0.3) is 0 Å². The average Bonchev–Trinajstić information content (AvgIpc) is 2.46. The van der Waals surface area contributed by atoms with Gasteiger partial charge >= 0.3 is 0 Å². The fourth-order valence-electron chi connectivity index (χ4n) is 2.68. The van der Waals surface area contributed by atoms with Crippen LogP contribution in [0.1, 0.15) is 55.4 Å². The monoisotopic (exact) mass is 275 g/mol. The Kier molecular flexibility index (Phi) is 5.09. The van der Waals surface area contributed by atoms with Crippen LogP contribution in [-0.4, -0.2) is 16.8 Å². The van der Waals surface area contributed by atoms with E-state index in [-0.39, 0.29) is 11.6 Å². The lowest BCUT2D eigenvalue weighted by Crippen LogP contribution is -2.16. The first kappa shape index (κ1) is 14.5. The number of hydrogen-bond acceptors (Lipinski definition) is 3. The Morgan fingerprint density at radius 1 is 1.30 bits per heavy atom. The number of primary amides is 1. The molecule has 0 spiro atoms. The van der Waals surface area contributed by atoms with E-state index in [0.717, 1.165) is 6.42 Å². The van der Waals surface area contributed by atoms with Crippen LogP contribution in [-0.2, 0) is 4.79 Å². The fraction of sp³-hybridized carbons (Fsp3) is 0.533. The standard InChI is InChI=1S/C15H21N3O2/c16-15(20)13-10-12(8-9-17-13)18-14(19)7-6-11-4-2-1-3-5-11/h8-11H,1-7H2,(H2,16,20)(H,17,18,19). The Labute approximate surface area is 119 Å². The lowest BCUT2D eigenvalue weighted by atomic mass is 9.86. The molecule has 0 atom stereocenters. The quantitative estimate of drug-likeness (QED) is 0.865. The molecular weight excluding hydrogens is 254 g/mol. The van der Waals surface area contributed by atoms with E-state index in [0.29, 0.717) is 18.0 Å². The molecule has 0 bridgehead atoms. The first-order valence-corrected chi connectivity index (χ1v) is 7.21. The van der Waals surface area contributed by atoms with Crippen LogP contribution in [0.2, 0.25) is 0 Å². The Balaban J connectivity index is 1.81. The van der Waals surface area contributed by atoms with E-state index in [1.165, 1.54) is 44.4 Å². The van der Waals surface area contributed by atoms with Crippen LogP contribution in [0.5, 0.6) is 0 Å². The summed E-state index contributed by atoms with van der Waals surface area (Å²) in [4.78, 5) is 26.7. The normalized spacial score (nSPS) is 15.8. The highest BCUT2D eigenvalue weighted by atomic mass is 16.2. The van der Waals surface area contributed by atoms with Crippen LogP contribution in [0.15, 0.2) is 18.3 Å². The molecule has 5 heteroatoms. The Morgan fingerprint density at radius 3 is 2.75 bits per heavy atom. The van der Waals surface area contributed by atoms with Crippen molar-refractivity contribution in [1.29, 1.82) is 0 Å². The van der Waals surface area contributed by atoms with E-state index in [4.69, 9.17) is 5.73 Å². The van der Waals surface area contributed by atoms with Crippen molar-refractivity contribution >= 4 is 17.5 Å². The van der Waals surface area contributed by atoms with E-state index >= 15 is 0 Å². The van der Waals surface area contributed by atoms with Crippen LogP contribution in [0.3, 0.4) is 0 Å². The number of anilines is 1. The van der Waals surface area contributed by atoms with Crippen molar-refractivity contribution in [3.63, 3.8) is 0 Å². The van der Waals surface area contributed by atoms with E-state index < -0.39 is 5.91 Å². The molecule has 0 radical (unpaired) electrons. The molecule has 0 aromatic carbocycles. The number of nitrogens with zero attached hydrogens (tertiary/aromatic N) is 1. The number of carbonyl (C=O) groups is 2. The second-order valence-corrected chi connectivity index (χ2v) is 5.38. The summed E-state index contributed by atoms with van der Waals surface area (Å²) in [5, 5.41) is 2.79. The zero-order valence-corrected chi connectivity index (χ0v) is 11.6. The van der Waals surface area contributed by atoms with Gasteiger partial charge in [0, 0.05) is 18.3 Å². The van der Waals surface area contributed by atoms with E-state index in [1.54, 1.807) is 6.07 Å². The number of nitrogens with two attached hydrogens (primary N) is 1. The van der Waals surface area contributed by atoms with Crippen molar-refractivity contribution in [2.24, 2.45) is 11.7 Å². The lowest BCUT2D eigenvalue weighted by Gasteiger charge is -2.20. The van der Waals surface area contributed by atoms with E-state index in [1.807, 2.05) is 0 Å². The lowest BCUT2D eigenvalue weighted by molar-refractivity contribution is -0.116. The van der Waals surface area contributed by atoms with Crippen molar-refractivity contribution < 1.29 is 9.59 Å². The first-order valence-electron chi connectivity index (χ1n) is 7.21. The molecule has 3 N–H and O–H groups in total. The summed E-state index contributed by atoms with van der Waals surface area (Å²) < 4.78 is 0. The zero-order valence-electron chi connectivity index (χ0n) is 11.6. The number of pyridine rings is 1. The first-order chi connectivity index (χ1) is 9.65. The van der Waals surface area contributed by atoms with Gasteiger partial charge < -0.3 is 11.1 Å². The molecule has 1 fully saturated rings. The third-order valence-corrected chi connectivity index (χ3v) is 3.80. The summed E-state index contributed by atoms with van der Waals surface area (Å²) >= 11 is 0. The number of nitrogens with one attached hydrogen (secondary N) is 1. The predicted molar refractivity (Wildman–Crippen MR) is 77.2 cm³/mol. The van der Waals surface area contributed by atoms with Crippen molar-refractivity contribution in [2.75, 3.05) is 5.32 Å². The van der Waals surface area contributed by atoms with Crippen molar-refractivity contribution in [1.82, 2.24) is 4.98 Å². The molecule has 1 aromatic rings. The molecule has 0 saturated heterocycles. The molecule has 1 saturated carbocycles. The molecule has 2 amide bonds. The van der Waals surface area contributed by atoms with Gasteiger partial charge in [-0.25, -0.2) is 0 Å². The van der Waals surface area contributed by atoms with E-state index in [2.05, 4.69) is 10.3 Å². The highest BCUT2D eigenvalue weighted by molar-refractivity contribution is 5.94. The Hall–Kier alpha value is -1.91. The molecular formula is C15H21N3O2. The number of aromatic nitrogens is 1. The van der Waals surface area contributed by atoms with Crippen LogP contribution in [0, 0.1) is 5.92 Å². The molecule has 108 valence electrons. The van der Waals surface area contributed by atoms with Gasteiger partial charge in [-0.1, -0.05) is 32.1 Å². The summed E-state index contributed by atoms with van der Waals surface area (Å²) in [6.07, 6.45) is 9.34. The summed E-state index contributed by atoms with van der Waals surface area (Å²) in [6, 6.07) is 3.16. The molecule has 2 rings (SSSR count). The smallest absolute Gasteiger partial charge is 0.267 e. The molecule has 1 aromatic heterocycles. The molecule has 1 aliphatic carbocycles. The van der Waals surface area contributed by atoms with Crippen LogP contribution in [0.4, 0.5) is 5.69 Å². The van der Waals surface area contributed by atoms with Crippen LogP contribution < -0.4 is 11.1 Å². The summed E-state index contributed by atoms with van der Waals surface area (Å²) in [6.45, 7) is 0. The van der Waals surface area contributed by atoms with Crippen molar-refractivity contribution in [3.8, 4) is 0 Å². The van der Waals surface area contributed by atoms with Gasteiger partial charge in [0.15, 0.2) is 0 Å². The molecule has 1 heterocycles. The minimum Gasteiger partial charge on any atom is -0.364 e. The van der Waals surface area contributed by atoms with Gasteiger partial charge in [0.05, 0.1) is 0 Å². The van der Waals surface area contributed by atoms with Gasteiger partial charge in [-0.15, -0.1) is 0 Å². The largest absolute Gasteiger partial charge is 0.364 e. The fourth-order valence-corrected chi connectivity index (χ4v) is 2.68. The molecule has 0 aliphatic heterocycles. The topological polar surface area (TPSA) is 85.1 Å². The SMILES string of the molecule is NC(=O)c1cc(NC(=O)CCC2CCCCC2)ccn1. The van der Waals surface area contributed by atoms with Crippen LogP contribution >= 0.6 is 0 Å². The minimum atomic E-state index is -0.594. The summed E-state index contributed by atoms with van der Waals surface area (Å²) in [5.41, 5.74) is 5.89. The minimum absolute atomic E-state index is 0.0165.